The molecule has 0 bridgehead atoms. The van der Waals surface area contributed by atoms with E-state index in [4.69, 9.17) is 14.5 Å². The van der Waals surface area contributed by atoms with Gasteiger partial charge in [0.25, 0.3) is 5.88 Å². The molecular weight excluding hydrogens is 408 g/mol. The molecular formula is C23H28N6O3. The number of methoxy groups -OCH3 is 2. The molecule has 0 radical (unpaired) electrons. The van der Waals surface area contributed by atoms with Gasteiger partial charge in [-0.3, -0.25) is 9.25 Å². The van der Waals surface area contributed by atoms with Crippen LogP contribution in [0.15, 0.2) is 43.0 Å². The molecule has 1 N–H and O–H groups in total. The Morgan fingerprint density at radius 2 is 1.88 bits per heavy atom. The highest BCUT2D eigenvalue weighted by molar-refractivity contribution is 5.87. The van der Waals surface area contributed by atoms with E-state index in [9.17, 15) is 5.11 Å². The number of pyridine rings is 2. The number of likely N-dealkylation sites (N-methyl/N-ethyl adjacent to an activating group) is 1. The molecule has 0 aliphatic carbocycles. The van der Waals surface area contributed by atoms with Crippen LogP contribution >= 0.6 is 0 Å². The first-order chi connectivity index (χ1) is 15.6. The van der Waals surface area contributed by atoms with Crippen molar-refractivity contribution in [1.82, 2.24) is 29.2 Å². The topological polar surface area (TPSA) is 90.5 Å². The molecule has 0 fully saturated rings. The SMILES string of the molecule is CCN(CC)CCn1cc(-n2cc3nc(-c4cnc(OC)c(OC)c4)ccc3c2O)cn1. The molecule has 4 heterocycles. The van der Waals surface area contributed by atoms with Gasteiger partial charge in [0.2, 0.25) is 5.88 Å². The highest BCUT2D eigenvalue weighted by Gasteiger charge is 2.15. The average molecular weight is 437 g/mol. The largest absolute Gasteiger partial charge is 0.494 e. The van der Waals surface area contributed by atoms with E-state index in [1.54, 1.807) is 31.2 Å². The first kappa shape index (κ1) is 21.6. The summed E-state index contributed by atoms with van der Waals surface area (Å²) in [7, 11) is 3.12. The minimum atomic E-state index is 0.132. The van der Waals surface area contributed by atoms with Gasteiger partial charge in [-0.2, -0.15) is 5.10 Å². The Morgan fingerprint density at radius 1 is 1.06 bits per heavy atom. The van der Waals surface area contributed by atoms with E-state index in [-0.39, 0.29) is 5.88 Å². The monoisotopic (exact) mass is 436 g/mol. The third-order valence-electron chi connectivity index (χ3n) is 5.61. The van der Waals surface area contributed by atoms with Gasteiger partial charge in [-0.05, 0) is 31.3 Å². The number of rotatable bonds is 9. The van der Waals surface area contributed by atoms with Crippen molar-refractivity contribution in [2.24, 2.45) is 0 Å². The zero-order chi connectivity index (χ0) is 22.7. The van der Waals surface area contributed by atoms with Crippen molar-refractivity contribution in [3.63, 3.8) is 0 Å². The van der Waals surface area contributed by atoms with Crippen molar-refractivity contribution in [2.45, 2.75) is 20.4 Å². The van der Waals surface area contributed by atoms with Crippen LogP contribution in [-0.2, 0) is 6.54 Å². The van der Waals surface area contributed by atoms with Gasteiger partial charge in [0, 0.05) is 30.7 Å². The Bertz CT molecular complexity index is 1210. The van der Waals surface area contributed by atoms with E-state index in [0.717, 1.165) is 43.1 Å². The Morgan fingerprint density at radius 3 is 2.59 bits per heavy atom. The maximum absolute atomic E-state index is 10.8. The molecule has 168 valence electrons. The number of nitrogens with zero attached hydrogens (tertiary/aromatic N) is 6. The Hall–Kier alpha value is -3.59. The minimum absolute atomic E-state index is 0.132. The molecule has 32 heavy (non-hydrogen) atoms. The van der Waals surface area contributed by atoms with Gasteiger partial charge in [-0.1, -0.05) is 13.8 Å². The summed E-state index contributed by atoms with van der Waals surface area (Å²) < 4.78 is 14.2. The van der Waals surface area contributed by atoms with Gasteiger partial charge >= 0.3 is 0 Å². The average Bonchev–Trinajstić information content (AvgIpc) is 3.43. The Kier molecular flexibility index (Phi) is 6.27. The summed E-state index contributed by atoms with van der Waals surface area (Å²) in [5, 5.41) is 15.9. The maximum atomic E-state index is 10.8. The third kappa shape index (κ3) is 4.11. The number of aromatic hydroxyl groups is 1. The summed E-state index contributed by atoms with van der Waals surface area (Å²) in [4.78, 5) is 11.3. The molecule has 4 aromatic heterocycles. The van der Waals surface area contributed by atoms with Crippen LogP contribution in [-0.4, -0.2) is 68.2 Å². The Balaban J connectivity index is 1.63. The van der Waals surface area contributed by atoms with Crippen LogP contribution in [0.4, 0.5) is 0 Å². The van der Waals surface area contributed by atoms with Gasteiger partial charge in [-0.25, -0.2) is 9.97 Å². The second-order valence-corrected chi connectivity index (χ2v) is 7.38. The van der Waals surface area contributed by atoms with E-state index < -0.39 is 0 Å². The fourth-order valence-electron chi connectivity index (χ4n) is 3.69. The number of aromatic nitrogens is 5. The molecule has 0 saturated heterocycles. The fourth-order valence-corrected chi connectivity index (χ4v) is 3.69. The molecule has 9 nitrogen and oxygen atoms in total. The highest BCUT2D eigenvalue weighted by Crippen LogP contribution is 2.33. The predicted molar refractivity (Wildman–Crippen MR) is 123 cm³/mol. The van der Waals surface area contributed by atoms with E-state index >= 15 is 0 Å². The van der Waals surface area contributed by atoms with Crippen LogP contribution in [0.25, 0.3) is 27.8 Å². The van der Waals surface area contributed by atoms with Crippen molar-refractivity contribution in [1.29, 1.82) is 0 Å². The predicted octanol–water partition coefficient (Wildman–Crippen LogP) is 3.35. The number of fused-ring (bicyclic) bond motifs is 1. The fraction of sp³-hybridized carbons (Fsp3) is 0.348. The third-order valence-corrected chi connectivity index (χ3v) is 5.61. The summed E-state index contributed by atoms with van der Waals surface area (Å²) in [6.45, 7) is 8.05. The lowest BCUT2D eigenvalue weighted by Gasteiger charge is -2.17. The normalized spacial score (nSPS) is 11.4. The molecule has 0 aromatic carbocycles. The highest BCUT2D eigenvalue weighted by atomic mass is 16.5. The molecule has 9 heteroatoms. The molecule has 0 aliphatic rings. The summed E-state index contributed by atoms with van der Waals surface area (Å²) >= 11 is 0. The van der Waals surface area contributed by atoms with E-state index in [0.29, 0.717) is 22.5 Å². The summed E-state index contributed by atoms with van der Waals surface area (Å²) in [5.74, 6) is 1.08. The van der Waals surface area contributed by atoms with Crippen molar-refractivity contribution in [2.75, 3.05) is 33.9 Å². The van der Waals surface area contributed by atoms with E-state index in [1.165, 1.54) is 0 Å². The molecule has 0 amide bonds. The molecule has 4 rings (SSSR count). The van der Waals surface area contributed by atoms with Crippen molar-refractivity contribution in [3.05, 3.63) is 43.0 Å². The summed E-state index contributed by atoms with van der Waals surface area (Å²) in [6, 6.07) is 5.53. The summed E-state index contributed by atoms with van der Waals surface area (Å²) in [5.41, 5.74) is 2.97. The lowest BCUT2D eigenvalue weighted by molar-refractivity contribution is 0.285. The molecule has 0 atom stereocenters. The van der Waals surface area contributed by atoms with Crippen LogP contribution in [0, 0.1) is 0 Å². The Labute approximate surface area is 186 Å². The van der Waals surface area contributed by atoms with Gasteiger partial charge < -0.3 is 19.5 Å². The van der Waals surface area contributed by atoms with E-state index in [1.807, 2.05) is 35.3 Å². The van der Waals surface area contributed by atoms with Gasteiger partial charge in [0.15, 0.2) is 5.75 Å². The van der Waals surface area contributed by atoms with E-state index in [2.05, 4.69) is 28.8 Å². The van der Waals surface area contributed by atoms with Gasteiger partial charge in [0.1, 0.15) is 0 Å². The summed E-state index contributed by atoms with van der Waals surface area (Å²) in [6.07, 6.45) is 7.18. The zero-order valence-corrected chi connectivity index (χ0v) is 18.8. The van der Waals surface area contributed by atoms with Crippen molar-refractivity contribution < 1.29 is 14.6 Å². The zero-order valence-electron chi connectivity index (χ0n) is 18.8. The van der Waals surface area contributed by atoms with Crippen molar-refractivity contribution in [3.8, 4) is 34.5 Å². The second-order valence-electron chi connectivity index (χ2n) is 7.38. The van der Waals surface area contributed by atoms with Crippen LogP contribution < -0.4 is 9.47 Å². The van der Waals surface area contributed by atoms with Gasteiger partial charge in [-0.15, -0.1) is 0 Å². The molecule has 0 spiro atoms. The second kappa shape index (κ2) is 9.27. The number of hydrogen-bond donors (Lipinski definition) is 1. The van der Waals surface area contributed by atoms with Crippen molar-refractivity contribution >= 4 is 10.9 Å². The molecule has 0 saturated carbocycles. The first-order valence-electron chi connectivity index (χ1n) is 10.6. The number of hydrogen-bond acceptors (Lipinski definition) is 7. The quantitative estimate of drug-likeness (QED) is 0.430. The smallest absolute Gasteiger partial charge is 0.256 e. The van der Waals surface area contributed by atoms with Crippen LogP contribution in [0.1, 0.15) is 13.8 Å². The standard InChI is InChI=1S/C23H28N6O3/c1-5-27(6-2)9-10-28-14-17(13-25-28)29-15-20-18(23(29)30)7-8-19(26-20)16-11-21(31-3)22(32-4)24-12-16/h7-8,11-15,30H,5-6,9-10H2,1-4H3. The lowest BCUT2D eigenvalue weighted by Crippen LogP contribution is -2.27. The lowest BCUT2D eigenvalue weighted by atomic mass is 10.1. The van der Waals surface area contributed by atoms with Crippen LogP contribution in [0.5, 0.6) is 17.5 Å². The molecule has 0 aliphatic heterocycles. The maximum Gasteiger partial charge on any atom is 0.256 e. The van der Waals surface area contributed by atoms with Crippen LogP contribution in [0.2, 0.25) is 0 Å². The minimum Gasteiger partial charge on any atom is -0.494 e. The molecule has 0 unspecified atom stereocenters. The number of ether oxygens (including phenoxy) is 2. The van der Waals surface area contributed by atoms with Crippen LogP contribution in [0.3, 0.4) is 0 Å². The molecule has 4 aromatic rings. The van der Waals surface area contributed by atoms with Gasteiger partial charge in [0.05, 0.1) is 49.2 Å². The first-order valence-corrected chi connectivity index (χ1v) is 10.6.